The third-order valence-corrected chi connectivity index (χ3v) is 4.54. The smallest absolute Gasteiger partial charge is 0.225 e. The van der Waals surface area contributed by atoms with E-state index in [0.29, 0.717) is 5.41 Å². The molecule has 2 saturated heterocycles. The van der Waals surface area contributed by atoms with Gasteiger partial charge >= 0.3 is 0 Å². The Morgan fingerprint density at radius 3 is 2.10 bits per heavy atom. The molecule has 3 heterocycles. The lowest BCUT2D eigenvalue weighted by Crippen LogP contribution is -2.46. The molecule has 1 spiro atoms. The van der Waals surface area contributed by atoms with Gasteiger partial charge < -0.3 is 10.2 Å². The number of anilines is 1. The first kappa shape index (κ1) is 15.2. The zero-order valence-corrected chi connectivity index (χ0v) is 13.2. The Kier molecular flexibility index (Phi) is 5.35. The predicted molar refractivity (Wildman–Crippen MR) is 84.1 cm³/mol. The molecule has 3 rings (SSSR count). The number of aromatic nitrogens is 2. The van der Waals surface area contributed by atoms with Gasteiger partial charge in [0.05, 0.1) is 0 Å². The molecule has 0 aliphatic carbocycles. The summed E-state index contributed by atoms with van der Waals surface area (Å²) in [4.78, 5) is 11.2. The van der Waals surface area contributed by atoms with Gasteiger partial charge in [-0.2, -0.15) is 0 Å². The summed E-state index contributed by atoms with van der Waals surface area (Å²) in [7, 11) is 0. The number of aryl methyl sites for hydroxylation is 1. The molecule has 1 aromatic rings. The van der Waals surface area contributed by atoms with E-state index in [-0.39, 0.29) is 0 Å². The normalized spacial score (nSPS) is 21.2. The van der Waals surface area contributed by atoms with Crippen molar-refractivity contribution >= 4 is 5.95 Å². The molecule has 2 aliphatic heterocycles. The number of piperidine rings is 2. The van der Waals surface area contributed by atoms with Gasteiger partial charge in [-0.1, -0.05) is 13.8 Å². The van der Waals surface area contributed by atoms with E-state index in [0.717, 1.165) is 24.6 Å². The zero-order chi connectivity index (χ0) is 14.4. The van der Waals surface area contributed by atoms with E-state index < -0.39 is 0 Å². The van der Waals surface area contributed by atoms with E-state index in [9.17, 15) is 0 Å². The maximum atomic E-state index is 4.44. The SMILES string of the molecule is CC.Cc1cnc(N2CCC3(CCNCC3)CC2)nc1. The summed E-state index contributed by atoms with van der Waals surface area (Å²) in [5.41, 5.74) is 1.73. The van der Waals surface area contributed by atoms with Crippen molar-refractivity contribution in [1.29, 1.82) is 0 Å². The van der Waals surface area contributed by atoms with Crippen molar-refractivity contribution in [3.8, 4) is 0 Å². The number of hydrogen-bond donors (Lipinski definition) is 1. The molecule has 20 heavy (non-hydrogen) atoms. The molecule has 1 aromatic heterocycles. The van der Waals surface area contributed by atoms with Crippen molar-refractivity contribution in [2.75, 3.05) is 31.1 Å². The number of nitrogens with one attached hydrogen (secondary N) is 1. The zero-order valence-electron chi connectivity index (χ0n) is 13.2. The van der Waals surface area contributed by atoms with Crippen LogP contribution in [0.25, 0.3) is 0 Å². The Balaban J connectivity index is 0.000000704. The Bertz CT molecular complexity index is 385. The summed E-state index contributed by atoms with van der Waals surface area (Å²) < 4.78 is 0. The topological polar surface area (TPSA) is 41.1 Å². The quantitative estimate of drug-likeness (QED) is 0.856. The molecule has 4 heteroatoms. The van der Waals surface area contributed by atoms with Crippen LogP contribution >= 0.6 is 0 Å². The summed E-state index contributed by atoms with van der Waals surface area (Å²) in [6, 6.07) is 0. The van der Waals surface area contributed by atoms with Crippen molar-refractivity contribution in [2.24, 2.45) is 5.41 Å². The van der Waals surface area contributed by atoms with E-state index in [4.69, 9.17) is 0 Å². The average Bonchev–Trinajstić information content (AvgIpc) is 2.52. The third-order valence-electron chi connectivity index (χ3n) is 4.54. The minimum atomic E-state index is 0.604. The Morgan fingerprint density at radius 1 is 1.00 bits per heavy atom. The first-order valence-corrected chi connectivity index (χ1v) is 8.02. The first-order valence-electron chi connectivity index (χ1n) is 8.02. The molecule has 1 N–H and O–H groups in total. The van der Waals surface area contributed by atoms with Crippen molar-refractivity contribution in [2.45, 2.75) is 46.5 Å². The molecule has 112 valence electrons. The molecule has 0 bridgehead atoms. The van der Waals surface area contributed by atoms with Gasteiger partial charge in [0.2, 0.25) is 5.95 Å². The minimum Gasteiger partial charge on any atom is -0.341 e. The fourth-order valence-corrected chi connectivity index (χ4v) is 3.19. The Hall–Kier alpha value is -1.16. The van der Waals surface area contributed by atoms with E-state index in [1.807, 2.05) is 33.2 Å². The van der Waals surface area contributed by atoms with Crippen molar-refractivity contribution < 1.29 is 0 Å². The first-order chi connectivity index (χ1) is 9.77. The Morgan fingerprint density at radius 2 is 1.55 bits per heavy atom. The fourth-order valence-electron chi connectivity index (χ4n) is 3.19. The molecule has 0 amide bonds. The van der Waals surface area contributed by atoms with Crippen LogP contribution in [-0.4, -0.2) is 36.1 Å². The molecular formula is C16H28N4. The highest BCUT2D eigenvalue weighted by atomic mass is 15.2. The number of hydrogen-bond acceptors (Lipinski definition) is 4. The molecule has 2 fully saturated rings. The highest BCUT2D eigenvalue weighted by Crippen LogP contribution is 2.39. The number of rotatable bonds is 1. The highest BCUT2D eigenvalue weighted by molar-refractivity contribution is 5.30. The molecule has 4 nitrogen and oxygen atoms in total. The van der Waals surface area contributed by atoms with Crippen LogP contribution in [0, 0.1) is 12.3 Å². The second kappa shape index (κ2) is 7.02. The summed E-state index contributed by atoms with van der Waals surface area (Å²) in [5, 5.41) is 3.47. The van der Waals surface area contributed by atoms with Gasteiger partial charge in [-0.3, -0.25) is 0 Å². The lowest BCUT2D eigenvalue weighted by molar-refractivity contribution is 0.154. The van der Waals surface area contributed by atoms with Gasteiger partial charge in [0.1, 0.15) is 0 Å². The van der Waals surface area contributed by atoms with Crippen molar-refractivity contribution in [1.82, 2.24) is 15.3 Å². The predicted octanol–water partition coefficient (Wildman–Crippen LogP) is 2.78. The summed E-state index contributed by atoms with van der Waals surface area (Å²) in [6.45, 7) is 10.7. The van der Waals surface area contributed by atoms with Gasteiger partial charge in [-0.05, 0) is 56.7 Å². The van der Waals surface area contributed by atoms with E-state index in [1.54, 1.807) is 0 Å². The average molecular weight is 276 g/mol. The van der Waals surface area contributed by atoms with E-state index in [1.165, 1.54) is 38.8 Å². The molecule has 0 saturated carbocycles. The van der Waals surface area contributed by atoms with Crippen LogP contribution in [0.3, 0.4) is 0 Å². The Labute approximate surface area is 123 Å². The van der Waals surface area contributed by atoms with Crippen LogP contribution in [0.5, 0.6) is 0 Å². The van der Waals surface area contributed by atoms with Gasteiger partial charge in [0.15, 0.2) is 0 Å². The van der Waals surface area contributed by atoms with Crippen LogP contribution in [-0.2, 0) is 0 Å². The maximum absolute atomic E-state index is 4.44. The van der Waals surface area contributed by atoms with Crippen LogP contribution in [0.1, 0.15) is 45.1 Å². The van der Waals surface area contributed by atoms with Crippen LogP contribution in [0.4, 0.5) is 5.95 Å². The summed E-state index contributed by atoms with van der Waals surface area (Å²) in [5.74, 6) is 0.907. The summed E-state index contributed by atoms with van der Waals surface area (Å²) in [6.07, 6.45) is 9.11. The molecule has 0 radical (unpaired) electrons. The molecular weight excluding hydrogens is 248 g/mol. The van der Waals surface area contributed by atoms with Crippen LogP contribution in [0.2, 0.25) is 0 Å². The third kappa shape index (κ3) is 3.48. The molecule has 0 unspecified atom stereocenters. The van der Waals surface area contributed by atoms with Gasteiger partial charge in [0, 0.05) is 25.5 Å². The fraction of sp³-hybridized carbons (Fsp3) is 0.750. The van der Waals surface area contributed by atoms with Crippen molar-refractivity contribution in [3.05, 3.63) is 18.0 Å². The molecule has 0 aromatic carbocycles. The second-order valence-corrected chi connectivity index (χ2v) is 5.80. The summed E-state index contributed by atoms with van der Waals surface area (Å²) >= 11 is 0. The van der Waals surface area contributed by atoms with Gasteiger partial charge in [-0.15, -0.1) is 0 Å². The molecule has 0 atom stereocenters. The lowest BCUT2D eigenvalue weighted by Gasteiger charge is -2.44. The van der Waals surface area contributed by atoms with Gasteiger partial charge in [0.25, 0.3) is 0 Å². The maximum Gasteiger partial charge on any atom is 0.225 e. The van der Waals surface area contributed by atoms with Crippen LogP contribution in [0.15, 0.2) is 12.4 Å². The second-order valence-electron chi connectivity index (χ2n) is 5.80. The minimum absolute atomic E-state index is 0.604. The van der Waals surface area contributed by atoms with E-state index >= 15 is 0 Å². The van der Waals surface area contributed by atoms with E-state index in [2.05, 4.69) is 20.2 Å². The number of nitrogens with zero attached hydrogens (tertiary/aromatic N) is 3. The monoisotopic (exact) mass is 276 g/mol. The lowest BCUT2D eigenvalue weighted by atomic mass is 9.72. The van der Waals surface area contributed by atoms with Crippen LogP contribution < -0.4 is 10.2 Å². The van der Waals surface area contributed by atoms with Crippen molar-refractivity contribution in [3.63, 3.8) is 0 Å². The standard InChI is InChI=1S/C14H22N4.C2H6/c1-12-10-16-13(17-11-12)18-8-4-14(5-9-18)2-6-15-7-3-14;1-2/h10-11,15H,2-9H2,1H3;1-2H3. The highest BCUT2D eigenvalue weighted by Gasteiger charge is 2.35. The van der Waals surface area contributed by atoms with Gasteiger partial charge in [-0.25, -0.2) is 9.97 Å². The largest absolute Gasteiger partial charge is 0.341 e. The molecule has 2 aliphatic rings.